The maximum absolute atomic E-state index is 12.1. The van der Waals surface area contributed by atoms with E-state index in [0.29, 0.717) is 13.1 Å². The summed E-state index contributed by atoms with van der Waals surface area (Å²) in [7, 11) is 0. The van der Waals surface area contributed by atoms with Crippen LogP contribution in [0.4, 0.5) is 0 Å². The second kappa shape index (κ2) is 6.72. The topological polar surface area (TPSA) is 61.4 Å². The van der Waals surface area contributed by atoms with Crippen molar-refractivity contribution in [3.05, 3.63) is 34.9 Å². The third-order valence-electron chi connectivity index (χ3n) is 3.89. The van der Waals surface area contributed by atoms with E-state index in [-0.39, 0.29) is 24.4 Å². The van der Waals surface area contributed by atoms with Crippen molar-refractivity contribution in [3.63, 3.8) is 0 Å². The molecule has 1 unspecified atom stereocenters. The molecule has 1 fully saturated rings. The number of nitrogens with zero attached hydrogens (tertiary/aromatic N) is 1. The van der Waals surface area contributed by atoms with Crippen molar-refractivity contribution in [2.45, 2.75) is 26.8 Å². The van der Waals surface area contributed by atoms with Gasteiger partial charge in [-0.15, -0.1) is 0 Å². The van der Waals surface area contributed by atoms with Crippen molar-refractivity contribution in [1.29, 1.82) is 0 Å². The fourth-order valence-electron chi connectivity index (χ4n) is 2.43. The van der Waals surface area contributed by atoms with Crippen LogP contribution in [0.15, 0.2) is 18.2 Å². The molecule has 0 radical (unpaired) electrons. The molecule has 1 aromatic carbocycles. The third kappa shape index (κ3) is 4.29. The van der Waals surface area contributed by atoms with Gasteiger partial charge in [-0.1, -0.05) is 18.2 Å². The summed E-state index contributed by atoms with van der Waals surface area (Å²) < 4.78 is 0. The minimum absolute atomic E-state index is 0.0174. The lowest BCUT2D eigenvalue weighted by Gasteiger charge is -2.26. The van der Waals surface area contributed by atoms with Crippen LogP contribution >= 0.6 is 0 Å². The first kappa shape index (κ1) is 15.5. The quantitative estimate of drug-likeness (QED) is 0.866. The second-order valence-electron chi connectivity index (χ2n) is 5.69. The van der Waals surface area contributed by atoms with Gasteiger partial charge < -0.3 is 10.6 Å². The zero-order valence-electron chi connectivity index (χ0n) is 12.9. The molecule has 0 bridgehead atoms. The summed E-state index contributed by atoms with van der Waals surface area (Å²) in [5.41, 5.74) is 3.57. The van der Waals surface area contributed by atoms with Gasteiger partial charge in [0.1, 0.15) is 0 Å². The number of carbonyl (C=O) groups is 2. The molecule has 5 nitrogen and oxygen atoms in total. The maximum Gasteiger partial charge on any atom is 0.234 e. The first-order valence-corrected chi connectivity index (χ1v) is 7.31. The minimum Gasteiger partial charge on any atom is -0.354 e. The van der Waals surface area contributed by atoms with Gasteiger partial charge in [0, 0.05) is 13.1 Å². The fourth-order valence-corrected chi connectivity index (χ4v) is 2.43. The van der Waals surface area contributed by atoms with Crippen LogP contribution in [0.25, 0.3) is 0 Å². The Kier molecular flexibility index (Phi) is 4.96. The molecule has 1 saturated heterocycles. The summed E-state index contributed by atoms with van der Waals surface area (Å²) in [4.78, 5) is 25.2. The molecule has 21 heavy (non-hydrogen) atoms. The zero-order valence-corrected chi connectivity index (χ0v) is 12.9. The van der Waals surface area contributed by atoms with Gasteiger partial charge in [0.25, 0.3) is 0 Å². The largest absolute Gasteiger partial charge is 0.354 e. The molecule has 0 aliphatic carbocycles. The van der Waals surface area contributed by atoms with Gasteiger partial charge in [-0.05, 0) is 37.5 Å². The SMILES string of the molecule is Cc1ccc(C(C)NC(=O)CN2CCNC(=O)C2)cc1C. The normalized spacial score (nSPS) is 17.2. The summed E-state index contributed by atoms with van der Waals surface area (Å²) in [5.74, 6) is -0.0633. The van der Waals surface area contributed by atoms with Crippen LogP contribution in [0.1, 0.15) is 29.7 Å². The predicted molar refractivity (Wildman–Crippen MR) is 81.9 cm³/mol. The molecule has 0 aromatic heterocycles. The highest BCUT2D eigenvalue weighted by Gasteiger charge is 2.19. The van der Waals surface area contributed by atoms with Crippen LogP contribution in [0.5, 0.6) is 0 Å². The van der Waals surface area contributed by atoms with Gasteiger partial charge in [-0.3, -0.25) is 14.5 Å². The molecule has 1 atom stereocenters. The number of nitrogens with one attached hydrogen (secondary N) is 2. The maximum atomic E-state index is 12.1. The van der Waals surface area contributed by atoms with Crippen molar-refractivity contribution in [3.8, 4) is 0 Å². The Labute approximate surface area is 125 Å². The zero-order chi connectivity index (χ0) is 15.4. The first-order valence-electron chi connectivity index (χ1n) is 7.31. The average Bonchev–Trinajstić information content (AvgIpc) is 2.41. The standard InChI is InChI=1S/C16H23N3O2/c1-11-4-5-14(8-12(11)2)13(3)18-16(21)10-19-7-6-17-15(20)9-19/h4-5,8,13H,6-7,9-10H2,1-3H3,(H,17,20)(H,18,21). The molecule has 5 heteroatoms. The smallest absolute Gasteiger partial charge is 0.234 e. The van der Waals surface area contributed by atoms with Crippen LogP contribution in [-0.2, 0) is 9.59 Å². The number of hydrogen-bond donors (Lipinski definition) is 2. The van der Waals surface area contributed by atoms with Crippen molar-refractivity contribution < 1.29 is 9.59 Å². The molecule has 2 rings (SSSR count). The third-order valence-corrected chi connectivity index (χ3v) is 3.89. The number of carbonyl (C=O) groups excluding carboxylic acids is 2. The van der Waals surface area contributed by atoms with Gasteiger partial charge in [0.2, 0.25) is 11.8 Å². The number of aryl methyl sites for hydroxylation is 2. The Balaban J connectivity index is 1.89. The van der Waals surface area contributed by atoms with Crippen molar-refractivity contribution in [2.24, 2.45) is 0 Å². The van der Waals surface area contributed by atoms with Crippen molar-refractivity contribution in [1.82, 2.24) is 15.5 Å². The van der Waals surface area contributed by atoms with E-state index in [9.17, 15) is 9.59 Å². The summed E-state index contributed by atoms with van der Waals surface area (Å²) in [6.45, 7) is 8.01. The van der Waals surface area contributed by atoms with E-state index in [1.165, 1.54) is 11.1 Å². The molecule has 1 aromatic rings. The van der Waals surface area contributed by atoms with Crippen LogP contribution in [0, 0.1) is 13.8 Å². The lowest BCUT2D eigenvalue weighted by Crippen LogP contribution is -2.50. The second-order valence-corrected chi connectivity index (χ2v) is 5.69. The van der Waals surface area contributed by atoms with Gasteiger partial charge in [-0.25, -0.2) is 0 Å². The highest BCUT2D eigenvalue weighted by Crippen LogP contribution is 2.16. The average molecular weight is 289 g/mol. The van der Waals surface area contributed by atoms with Crippen LogP contribution in [0.3, 0.4) is 0 Å². The van der Waals surface area contributed by atoms with Crippen LogP contribution in [-0.4, -0.2) is 42.9 Å². The van der Waals surface area contributed by atoms with E-state index < -0.39 is 0 Å². The number of benzene rings is 1. The van der Waals surface area contributed by atoms with E-state index in [1.54, 1.807) is 0 Å². The molecule has 1 aliphatic heterocycles. The van der Waals surface area contributed by atoms with Gasteiger partial charge >= 0.3 is 0 Å². The predicted octanol–water partition coefficient (Wildman–Crippen LogP) is 0.912. The first-order chi connectivity index (χ1) is 9.95. The lowest BCUT2D eigenvalue weighted by molar-refractivity contribution is -0.127. The highest BCUT2D eigenvalue weighted by molar-refractivity contribution is 5.82. The number of piperazine rings is 1. The van der Waals surface area contributed by atoms with E-state index in [4.69, 9.17) is 0 Å². The van der Waals surface area contributed by atoms with Crippen molar-refractivity contribution in [2.75, 3.05) is 26.2 Å². The van der Waals surface area contributed by atoms with E-state index >= 15 is 0 Å². The molecule has 1 heterocycles. The number of hydrogen-bond acceptors (Lipinski definition) is 3. The Morgan fingerprint density at radius 1 is 1.38 bits per heavy atom. The molecular formula is C16H23N3O2. The number of amides is 2. The molecular weight excluding hydrogens is 266 g/mol. The summed E-state index contributed by atoms with van der Waals surface area (Å²) >= 11 is 0. The fraction of sp³-hybridized carbons (Fsp3) is 0.500. The molecule has 2 N–H and O–H groups in total. The van der Waals surface area contributed by atoms with E-state index in [2.05, 4.69) is 36.6 Å². The molecule has 0 saturated carbocycles. The molecule has 0 spiro atoms. The number of rotatable bonds is 4. The van der Waals surface area contributed by atoms with Gasteiger partial charge in [0.05, 0.1) is 19.1 Å². The Morgan fingerprint density at radius 3 is 2.81 bits per heavy atom. The summed E-state index contributed by atoms with van der Waals surface area (Å²) in [6.07, 6.45) is 0. The van der Waals surface area contributed by atoms with E-state index in [0.717, 1.165) is 12.1 Å². The Morgan fingerprint density at radius 2 is 2.14 bits per heavy atom. The Hall–Kier alpha value is -1.88. The van der Waals surface area contributed by atoms with Crippen molar-refractivity contribution >= 4 is 11.8 Å². The van der Waals surface area contributed by atoms with Gasteiger partial charge in [-0.2, -0.15) is 0 Å². The van der Waals surface area contributed by atoms with E-state index in [1.807, 2.05) is 17.9 Å². The highest BCUT2D eigenvalue weighted by atomic mass is 16.2. The molecule has 114 valence electrons. The summed E-state index contributed by atoms with van der Waals surface area (Å²) in [6, 6.07) is 6.19. The Bertz CT molecular complexity index is 542. The molecule has 1 aliphatic rings. The monoisotopic (exact) mass is 289 g/mol. The van der Waals surface area contributed by atoms with Gasteiger partial charge in [0.15, 0.2) is 0 Å². The van der Waals surface area contributed by atoms with Crippen LogP contribution < -0.4 is 10.6 Å². The summed E-state index contributed by atoms with van der Waals surface area (Å²) in [5, 5.41) is 5.74. The minimum atomic E-state index is -0.0459. The van der Waals surface area contributed by atoms with Crippen LogP contribution in [0.2, 0.25) is 0 Å². The lowest BCUT2D eigenvalue weighted by atomic mass is 10.0. The molecule has 2 amide bonds.